The summed E-state index contributed by atoms with van der Waals surface area (Å²) in [7, 11) is 0. The van der Waals surface area contributed by atoms with Crippen molar-refractivity contribution in [3.8, 4) is 0 Å². The second-order valence-electron chi connectivity index (χ2n) is 20.9. The Bertz CT molecular complexity index is 3580. The Kier molecular flexibility index (Phi) is 10.9. The van der Waals surface area contributed by atoms with Crippen LogP contribution in [0.2, 0.25) is 0 Å². The highest BCUT2D eigenvalue weighted by molar-refractivity contribution is 6.29. The molecule has 0 amide bonds. The molecule has 11 rings (SSSR count). The molecule has 1 aliphatic heterocycles. The van der Waals surface area contributed by atoms with Gasteiger partial charge in [0.15, 0.2) is 11.7 Å². The van der Waals surface area contributed by atoms with Crippen molar-refractivity contribution in [3.05, 3.63) is 197 Å². The number of furan rings is 1. The first-order chi connectivity index (χ1) is 33.3. The van der Waals surface area contributed by atoms with Gasteiger partial charge in [-0.2, -0.15) is 0 Å². The molecule has 346 valence electrons. The number of anilines is 5. The van der Waals surface area contributed by atoms with Crippen LogP contribution < -0.4 is 9.80 Å². The summed E-state index contributed by atoms with van der Waals surface area (Å²) >= 11 is 0. The Morgan fingerprint density at radius 1 is 0.565 bits per heavy atom. The van der Waals surface area contributed by atoms with Gasteiger partial charge < -0.3 is 19.0 Å². The fraction of sp³-hybridized carbons (Fsp3) is 0.262. The SMILES string of the molecule is C/C=C\C1=C(C)OC2C1=CC=CC2(C)N(c1ccc(C(C)C)cc1)c1cc(C(C)C)c2ccc3c(N(c4ccc(C(C)C)cc4)c4cccc5c4oc4ccccc45)cc(C(C)C)c4ccc1c2c43. The smallest absolute Gasteiger partial charge is 0.159 e. The lowest BCUT2D eigenvalue weighted by Gasteiger charge is -2.46. The van der Waals surface area contributed by atoms with Crippen LogP contribution in [0.25, 0.3) is 54.3 Å². The van der Waals surface area contributed by atoms with Crippen LogP contribution in [0.1, 0.15) is 122 Å². The highest BCUT2D eigenvalue weighted by atomic mass is 16.5. The molecule has 9 aromatic rings. The standard InChI is InChI=1S/C65H64N2O2/c1-12-17-47-42(10)68-64-52(47)20-16-35-65(64,11)67(46-29-25-44(26-30-46)39(4)5)59-37-56(41(8)9)50-31-33-53-58(36-55(40(6)7)49-32-34-54(59)62(50)61(49)53)66(45-27-23-43(24-28-45)38(2)3)57-21-15-19-51-48-18-13-14-22-60(48)69-63(51)57/h12-41,64H,1-11H3/b17-12-. The van der Waals surface area contributed by atoms with Gasteiger partial charge in [-0.25, -0.2) is 0 Å². The van der Waals surface area contributed by atoms with Crippen LogP contribution in [0, 0.1) is 0 Å². The topological polar surface area (TPSA) is 28.9 Å². The zero-order valence-electron chi connectivity index (χ0n) is 42.1. The summed E-state index contributed by atoms with van der Waals surface area (Å²) in [5, 5.41) is 9.84. The molecule has 2 atom stereocenters. The normalized spacial score (nSPS) is 17.4. The van der Waals surface area contributed by atoms with E-state index < -0.39 is 5.54 Å². The largest absolute Gasteiger partial charge is 0.487 e. The molecule has 0 fully saturated rings. The lowest BCUT2D eigenvalue weighted by atomic mass is 9.79. The lowest BCUT2D eigenvalue weighted by molar-refractivity contribution is 0.120. The first-order valence-electron chi connectivity index (χ1n) is 25.2. The molecular weight excluding hydrogens is 841 g/mol. The third-order valence-electron chi connectivity index (χ3n) is 15.2. The molecule has 4 nitrogen and oxygen atoms in total. The van der Waals surface area contributed by atoms with Crippen LogP contribution in [0.4, 0.5) is 28.4 Å². The van der Waals surface area contributed by atoms with Crippen molar-refractivity contribution in [1.29, 1.82) is 0 Å². The summed E-state index contributed by atoms with van der Waals surface area (Å²) in [6, 6.07) is 48.1. The van der Waals surface area contributed by atoms with Gasteiger partial charge in [0, 0.05) is 44.1 Å². The fourth-order valence-corrected chi connectivity index (χ4v) is 11.6. The van der Waals surface area contributed by atoms with Gasteiger partial charge >= 0.3 is 0 Å². The maximum atomic E-state index is 7.03. The monoisotopic (exact) mass is 904 g/mol. The number of fused-ring (bicyclic) bond motifs is 4. The first kappa shape index (κ1) is 44.5. The van der Waals surface area contributed by atoms with Gasteiger partial charge in [0.25, 0.3) is 0 Å². The summed E-state index contributed by atoms with van der Waals surface area (Å²) in [4.78, 5) is 5.07. The van der Waals surface area contributed by atoms with E-state index in [4.69, 9.17) is 9.15 Å². The molecule has 0 spiro atoms. The number of benzene rings is 8. The zero-order chi connectivity index (χ0) is 48.0. The molecule has 0 bridgehead atoms. The molecule has 0 radical (unpaired) electrons. The fourth-order valence-electron chi connectivity index (χ4n) is 11.6. The van der Waals surface area contributed by atoms with E-state index in [1.807, 2.05) is 0 Å². The minimum atomic E-state index is -0.594. The Labute approximate surface area is 408 Å². The Morgan fingerprint density at radius 2 is 1.13 bits per heavy atom. The third kappa shape index (κ3) is 7.00. The minimum Gasteiger partial charge on any atom is -0.487 e. The van der Waals surface area contributed by atoms with E-state index in [0.717, 1.165) is 50.4 Å². The lowest BCUT2D eigenvalue weighted by Crippen LogP contribution is -2.53. The van der Waals surface area contributed by atoms with E-state index in [9.17, 15) is 0 Å². The molecular formula is C65H64N2O2. The molecule has 0 saturated heterocycles. The Morgan fingerprint density at radius 3 is 1.74 bits per heavy atom. The summed E-state index contributed by atoms with van der Waals surface area (Å²) < 4.78 is 13.9. The highest BCUT2D eigenvalue weighted by Gasteiger charge is 2.48. The Hall–Kier alpha value is -7.04. The van der Waals surface area contributed by atoms with Crippen LogP contribution >= 0.6 is 0 Å². The molecule has 69 heavy (non-hydrogen) atoms. The van der Waals surface area contributed by atoms with E-state index in [0.29, 0.717) is 11.8 Å². The summed E-state index contributed by atoms with van der Waals surface area (Å²) in [5.41, 5.74) is 14.4. The molecule has 1 aromatic heterocycles. The molecule has 2 unspecified atom stereocenters. The Balaban J connectivity index is 1.24. The number of hydrogen-bond acceptors (Lipinski definition) is 4. The van der Waals surface area contributed by atoms with Crippen molar-refractivity contribution in [1.82, 2.24) is 0 Å². The predicted octanol–water partition coefficient (Wildman–Crippen LogP) is 19.1. The van der Waals surface area contributed by atoms with Crippen molar-refractivity contribution in [2.75, 3.05) is 9.80 Å². The average Bonchev–Trinajstić information content (AvgIpc) is 3.89. The van der Waals surface area contributed by atoms with Gasteiger partial charge in [-0.05, 0) is 137 Å². The van der Waals surface area contributed by atoms with Gasteiger partial charge in [-0.3, -0.25) is 0 Å². The maximum absolute atomic E-state index is 7.03. The van der Waals surface area contributed by atoms with Crippen LogP contribution in [-0.4, -0.2) is 11.6 Å². The molecule has 1 aliphatic carbocycles. The van der Waals surface area contributed by atoms with Crippen molar-refractivity contribution < 1.29 is 9.15 Å². The van der Waals surface area contributed by atoms with Gasteiger partial charge in [-0.15, -0.1) is 0 Å². The molecule has 4 heteroatoms. The molecule has 2 heterocycles. The van der Waals surface area contributed by atoms with E-state index in [2.05, 4.69) is 244 Å². The van der Waals surface area contributed by atoms with Gasteiger partial charge in [0.1, 0.15) is 16.9 Å². The van der Waals surface area contributed by atoms with Crippen LogP contribution in [0.5, 0.6) is 0 Å². The van der Waals surface area contributed by atoms with E-state index >= 15 is 0 Å². The van der Waals surface area contributed by atoms with Crippen molar-refractivity contribution in [2.24, 2.45) is 0 Å². The number of para-hydroxylation sites is 2. The van der Waals surface area contributed by atoms with E-state index in [1.54, 1.807) is 0 Å². The van der Waals surface area contributed by atoms with E-state index in [-0.39, 0.29) is 17.9 Å². The first-order valence-corrected chi connectivity index (χ1v) is 25.2. The second kappa shape index (κ2) is 16.9. The molecule has 8 aromatic carbocycles. The van der Waals surface area contributed by atoms with Crippen LogP contribution in [0.15, 0.2) is 179 Å². The van der Waals surface area contributed by atoms with Crippen LogP contribution in [-0.2, 0) is 4.74 Å². The summed E-state index contributed by atoms with van der Waals surface area (Å²) in [5.74, 6) is 2.29. The van der Waals surface area contributed by atoms with Crippen molar-refractivity contribution in [2.45, 2.75) is 111 Å². The van der Waals surface area contributed by atoms with Crippen LogP contribution in [0.3, 0.4) is 0 Å². The zero-order valence-corrected chi connectivity index (χ0v) is 42.1. The number of nitrogens with zero attached hydrogens (tertiary/aromatic N) is 2. The molecule has 0 N–H and O–H groups in total. The third-order valence-corrected chi connectivity index (χ3v) is 15.2. The second-order valence-corrected chi connectivity index (χ2v) is 20.9. The average molecular weight is 905 g/mol. The minimum absolute atomic E-state index is 0.227. The van der Waals surface area contributed by atoms with Gasteiger partial charge in [-0.1, -0.05) is 165 Å². The van der Waals surface area contributed by atoms with Gasteiger partial charge in [0.2, 0.25) is 0 Å². The number of rotatable bonds is 11. The summed E-state index contributed by atoms with van der Waals surface area (Å²) in [6.07, 6.45) is 11.0. The highest BCUT2D eigenvalue weighted by Crippen LogP contribution is 2.54. The van der Waals surface area contributed by atoms with Crippen molar-refractivity contribution in [3.63, 3.8) is 0 Å². The number of hydrogen-bond donors (Lipinski definition) is 0. The molecule has 0 saturated carbocycles. The van der Waals surface area contributed by atoms with Crippen molar-refractivity contribution >= 4 is 82.7 Å². The number of ether oxygens (including phenoxy) is 1. The van der Waals surface area contributed by atoms with E-state index in [1.165, 1.54) is 71.4 Å². The maximum Gasteiger partial charge on any atom is 0.159 e. The predicted molar refractivity (Wildman–Crippen MR) is 295 cm³/mol. The molecule has 2 aliphatic rings. The number of allylic oxidation sites excluding steroid dienone is 5. The van der Waals surface area contributed by atoms with Gasteiger partial charge in [0.05, 0.1) is 17.1 Å². The quantitative estimate of drug-likeness (QED) is 0.121. The summed E-state index contributed by atoms with van der Waals surface area (Å²) in [6.45, 7) is 25.0.